The van der Waals surface area contributed by atoms with Crippen LogP contribution in [-0.2, 0) is 42.7 Å². The van der Waals surface area contributed by atoms with Crippen LogP contribution in [0.3, 0.4) is 0 Å². The SMILES string of the molecule is CC(=O)N[C@@H]1[C@@H](OC(C)=O)[C@H](OC(C)=O)[C@@H](COC(C)=O)O[C@@H]1SCP(=O)(O)O.Cc1cccc(C)n1.Cc1cccc(C)n1. The van der Waals surface area contributed by atoms with E-state index in [-0.39, 0.29) is 6.61 Å². The topological polar surface area (TPSA) is 201 Å². The first-order valence-electron chi connectivity index (χ1n) is 13.7. The molecular formula is C29H42N3O11PS. The molecule has 3 rings (SSSR count). The smallest absolute Gasteiger partial charge is 0.335 e. The molecular weight excluding hydrogens is 629 g/mol. The fraction of sp³-hybridized carbons (Fsp3) is 0.517. The molecule has 0 aromatic carbocycles. The van der Waals surface area contributed by atoms with E-state index in [1.165, 1.54) is 6.92 Å². The van der Waals surface area contributed by atoms with Crippen molar-refractivity contribution in [3.05, 3.63) is 59.2 Å². The zero-order valence-electron chi connectivity index (χ0n) is 26.6. The quantitative estimate of drug-likeness (QED) is 0.210. The minimum atomic E-state index is -4.44. The first-order valence-corrected chi connectivity index (χ1v) is 16.6. The maximum atomic E-state index is 11.7. The summed E-state index contributed by atoms with van der Waals surface area (Å²) in [5, 5.41) is 2.50. The highest BCUT2D eigenvalue weighted by molar-refractivity contribution is 8.04. The number of aromatic nitrogens is 2. The molecule has 1 saturated heterocycles. The third-order valence-electron chi connectivity index (χ3n) is 5.53. The van der Waals surface area contributed by atoms with E-state index in [0.717, 1.165) is 43.5 Å². The van der Waals surface area contributed by atoms with Gasteiger partial charge in [-0.05, 0) is 52.0 Å². The van der Waals surface area contributed by atoms with Gasteiger partial charge in [-0.1, -0.05) is 12.1 Å². The number of amides is 1. The van der Waals surface area contributed by atoms with Gasteiger partial charge in [0.1, 0.15) is 24.2 Å². The molecule has 1 aliphatic rings. The molecule has 0 radical (unpaired) electrons. The number of aryl methyl sites for hydroxylation is 4. The lowest BCUT2D eigenvalue weighted by molar-refractivity contribution is -0.211. The van der Waals surface area contributed by atoms with Crippen molar-refractivity contribution >= 4 is 43.2 Å². The van der Waals surface area contributed by atoms with Crippen LogP contribution in [0.5, 0.6) is 0 Å². The van der Waals surface area contributed by atoms with Crippen molar-refractivity contribution in [2.24, 2.45) is 0 Å². The fourth-order valence-corrected chi connectivity index (χ4v) is 5.98. The van der Waals surface area contributed by atoms with Crippen LogP contribution in [0.2, 0.25) is 0 Å². The fourth-order valence-electron chi connectivity index (χ4n) is 3.96. The van der Waals surface area contributed by atoms with E-state index >= 15 is 0 Å². The van der Waals surface area contributed by atoms with Gasteiger partial charge in [-0.15, -0.1) is 11.8 Å². The van der Waals surface area contributed by atoms with E-state index in [0.29, 0.717) is 11.8 Å². The van der Waals surface area contributed by atoms with Gasteiger partial charge in [0.25, 0.3) is 0 Å². The summed E-state index contributed by atoms with van der Waals surface area (Å²) < 4.78 is 32.4. The number of nitrogens with one attached hydrogen (secondary N) is 1. The number of carbonyl (C=O) groups is 4. The van der Waals surface area contributed by atoms with Crippen LogP contribution in [0.4, 0.5) is 0 Å². The summed E-state index contributed by atoms with van der Waals surface area (Å²) in [5.74, 6) is -2.69. The van der Waals surface area contributed by atoms with Gasteiger partial charge in [-0.25, -0.2) is 0 Å². The first-order chi connectivity index (χ1) is 20.9. The van der Waals surface area contributed by atoms with E-state index in [1.807, 2.05) is 64.1 Å². The molecule has 16 heteroatoms. The third kappa shape index (κ3) is 17.1. The molecule has 250 valence electrons. The largest absolute Gasteiger partial charge is 0.463 e. The lowest BCUT2D eigenvalue weighted by Gasteiger charge is -2.45. The Morgan fingerprint density at radius 1 is 0.822 bits per heavy atom. The average molecular weight is 672 g/mol. The number of esters is 3. The molecule has 5 atom stereocenters. The second-order valence-electron chi connectivity index (χ2n) is 10.0. The molecule has 1 fully saturated rings. The van der Waals surface area contributed by atoms with Crippen molar-refractivity contribution in [3.63, 3.8) is 0 Å². The number of ether oxygens (including phenoxy) is 4. The molecule has 3 N–H and O–H groups in total. The summed E-state index contributed by atoms with van der Waals surface area (Å²) in [6.07, 6.45) is -3.63. The minimum Gasteiger partial charge on any atom is -0.463 e. The van der Waals surface area contributed by atoms with Gasteiger partial charge in [0.2, 0.25) is 5.91 Å². The molecule has 45 heavy (non-hydrogen) atoms. The predicted octanol–water partition coefficient (Wildman–Crippen LogP) is 2.91. The Morgan fingerprint density at radius 2 is 1.27 bits per heavy atom. The second-order valence-corrected chi connectivity index (χ2v) is 13.2. The Kier molecular flexibility index (Phi) is 16.9. The van der Waals surface area contributed by atoms with E-state index in [2.05, 4.69) is 15.3 Å². The maximum Gasteiger partial charge on any atom is 0.335 e. The summed E-state index contributed by atoms with van der Waals surface area (Å²) in [6, 6.07) is 10.9. The van der Waals surface area contributed by atoms with Gasteiger partial charge in [-0.2, -0.15) is 0 Å². The van der Waals surface area contributed by atoms with Crippen LogP contribution in [0.15, 0.2) is 36.4 Å². The van der Waals surface area contributed by atoms with E-state index < -0.39 is 66.7 Å². The molecule has 3 heterocycles. The average Bonchev–Trinajstić information content (AvgIpc) is 2.88. The first kappa shape index (κ1) is 39.7. The van der Waals surface area contributed by atoms with Crippen LogP contribution in [0, 0.1) is 27.7 Å². The highest BCUT2D eigenvalue weighted by Gasteiger charge is 2.51. The molecule has 2 aromatic heterocycles. The van der Waals surface area contributed by atoms with Crippen molar-refractivity contribution in [2.75, 3.05) is 12.1 Å². The monoisotopic (exact) mass is 671 g/mol. The number of hydrogen-bond acceptors (Lipinski definition) is 12. The molecule has 2 aromatic rings. The Bertz CT molecular complexity index is 1260. The Balaban J connectivity index is 0.000000505. The summed E-state index contributed by atoms with van der Waals surface area (Å²) in [5.41, 5.74) is 2.59. The van der Waals surface area contributed by atoms with Crippen LogP contribution < -0.4 is 5.32 Å². The number of carbonyl (C=O) groups excluding carboxylic acids is 4. The summed E-state index contributed by atoms with van der Waals surface area (Å²) in [7, 11) is -4.44. The predicted molar refractivity (Wildman–Crippen MR) is 166 cm³/mol. The van der Waals surface area contributed by atoms with Crippen LogP contribution in [0.1, 0.15) is 50.5 Å². The van der Waals surface area contributed by atoms with Gasteiger partial charge in [0, 0.05) is 50.5 Å². The van der Waals surface area contributed by atoms with Crippen molar-refractivity contribution < 1.29 is 52.5 Å². The number of rotatable bonds is 8. The molecule has 0 unspecified atom stereocenters. The Morgan fingerprint density at radius 3 is 1.60 bits per heavy atom. The zero-order chi connectivity index (χ0) is 34.3. The van der Waals surface area contributed by atoms with Crippen LogP contribution in [0.25, 0.3) is 0 Å². The van der Waals surface area contributed by atoms with E-state index in [4.69, 9.17) is 28.7 Å². The van der Waals surface area contributed by atoms with Gasteiger partial charge < -0.3 is 34.1 Å². The molecule has 1 aliphatic heterocycles. The molecule has 1 amide bonds. The minimum absolute atomic E-state index is 0.384. The molecule has 0 saturated carbocycles. The van der Waals surface area contributed by atoms with E-state index in [9.17, 15) is 23.7 Å². The van der Waals surface area contributed by atoms with E-state index in [1.54, 1.807) is 0 Å². The number of hydrogen-bond donors (Lipinski definition) is 3. The number of pyridine rings is 2. The van der Waals surface area contributed by atoms with Crippen LogP contribution in [-0.4, -0.2) is 85.5 Å². The van der Waals surface area contributed by atoms with Crippen molar-refractivity contribution in [1.29, 1.82) is 0 Å². The molecule has 14 nitrogen and oxygen atoms in total. The van der Waals surface area contributed by atoms with Gasteiger partial charge in [0.05, 0.1) is 5.49 Å². The summed E-state index contributed by atoms with van der Waals surface area (Å²) in [4.78, 5) is 72.7. The Labute approximate surface area is 267 Å². The maximum absolute atomic E-state index is 11.7. The molecule has 0 bridgehead atoms. The summed E-state index contributed by atoms with van der Waals surface area (Å²) >= 11 is 0.672. The number of nitrogens with zero attached hydrogens (tertiary/aromatic N) is 2. The number of thioether (sulfide) groups is 1. The zero-order valence-corrected chi connectivity index (χ0v) is 28.3. The lowest BCUT2D eigenvalue weighted by Crippen LogP contribution is -2.65. The molecule has 0 aliphatic carbocycles. The van der Waals surface area contributed by atoms with Gasteiger partial charge >= 0.3 is 25.5 Å². The third-order valence-corrected chi connectivity index (χ3v) is 8.21. The van der Waals surface area contributed by atoms with Crippen molar-refractivity contribution in [1.82, 2.24) is 15.3 Å². The van der Waals surface area contributed by atoms with Gasteiger partial charge in [0.15, 0.2) is 12.2 Å². The second kappa shape index (κ2) is 19.2. The van der Waals surface area contributed by atoms with Crippen LogP contribution >= 0.6 is 19.4 Å². The molecule has 0 spiro atoms. The summed E-state index contributed by atoms with van der Waals surface area (Å²) in [6.45, 7) is 12.1. The van der Waals surface area contributed by atoms with Crippen molar-refractivity contribution in [3.8, 4) is 0 Å². The van der Waals surface area contributed by atoms with Gasteiger partial charge in [-0.3, -0.25) is 33.7 Å². The Hall–Kier alpha value is -3.36. The normalized spacial score (nSPS) is 20.6. The lowest BCUT2D eigenvalue weighted by atomic mass is 9.97. The highest BCUT2D eigenvalue weighted by atomic mass is 32.2. The standard InChI is InChI=1S/C15H24NO11PS.2C7H9N/c1-7(17)16-12-14(26-10(4)20)13(25-9(3)19)11(5-24-8(2)18)27-15(12)29-6-28(21,22)23;2*1-6-4-3-5-7(2)8-6/h11-15H,5-6H2,1-4H3,(H,16,17)(H2,21,22,23);2*3-5H,1-2H3/t11-,12-,13-,14-,15-;;/m1../s1. The highest BCUT2D eigenvalue weighted by Crippen LogP contribution is 2.43. The van der Waals surface area contributed by atoms with Crippen molar-refractivity contribution in [2.45, 2.75) is 85.2 Å².